The van der Waals surface area contributed by atoms with E-state index in [1.165, 1.54) is 12.1 Å². The van der Waals surface area contributed by atoms with Crippen molar-refractivity contribution in [3.05, 3.63) is 97.5 Å². The van der Waals surface area contributed by atoms with E-state index in [9.17, 15) is 15.2 Å². The maximum Gasteiger partial charge on any atom is 0.270 e. The Bertz CT molecular complexity index is 1230. The van der Waals surface area contributed by atoms with Gasteiger partial charge in [-0.1, -0.05) is 70.0 Å². The first-order valence-electron chi connectivity index (χ1n) is 11.6. The summed E-state index contributed by atoms with van der Waals surface area (Å²) >= 11 is 9.83. The number of halogens is 2. The summed E-state index contributed by atoms with van der Waals surface area (Å²) in [7, 11) is 0. The predicted molar refractivity (Wildman–Crippen MR) is 148 cm³/mol. The Morgan fingerprint density at radius 1 is 1.03 bits per heavy atom. The van der Waals surface area contributed by atoms with Crippen molar-refractivity contribution in [2.45, 2.75) is 6.10 Å². The highest BCUT2D eigenvalue weighted by molar-refractivity contribution is 9.10. The van der Waals surface area contributed by atoms with Gasteiger partial charge in [0.1, 0.15) is 18.5 Å². The first-order valence-corrected chi connectivity index (χ1v) is 12.8. The van der Waals surface area contributed by atoms with Gasteiger partial charge in [-0.25, -0.2) is 0 Å². The Balaban J connectivity index is 1.35. The molecule has 1 N–H and O–H groups in total. The quantitative estimate of drug-likeness (QED) is 0.200. The molecule has 188 valence electrons. The average molecular weight is 573 g/mol. The molecular formula is C27H27BrClN3O4. The van der Waals surface area contributed by atoms with E-state index in [1.807, 2.05) is 54.6 Å². The molecule has 0 saturated carbocycles. The minimum atomic E-state index is -0.702. The number of nitrogens with zero attached hydrogens (tertiary/aromatic N) is 3. The number of hydrogen-bond donors (Lipinski definition) is 1. The molecule has 3 aromatic carbocycles. The molecule has 1 aliphatic heterocycles. The van der Waals surface area contributed by atoms with Gasteiger partial charge in [-0.15, -0.1) is 0 Å². The number of aliphatic hydroxyl groups excluding tert-OH is 1. The molecule has 1 aliphatic rings. The fraction of sp³-hybridized carbons (Fsp3) is 0.259. The number of anilines is 1. The van der Waals surface area contributed by atoms with Crippen LogP contribution >= 0.6 is 27.5 Å². The lowest BCUT2D eigenvalue weighted by molar-refractivity contribution is -0.384. The van der Waals surface area contributed by atoms with Gasteiger partial charge in [-0.3, -0.25) is 15.0 Å². The third-order valence-corrected chi connectivity index (χ3v) is 7.06. The van der Waals surface area contributed by atoms with Crippen LogP contribution in [-0.2, 0) is 0 Å². The van der Waals surface area contributed by atoms with Crippen molar-refractivity contribution < 1.29 is 14.8 Å². The molecule has 1 saturated heterocycles. The second-order valence-corrected chi connectivity index (χ2v) is 9.80. The molecule has 0 bridgehead atoms. The van der Waals surface area contributed by atoms with E-state index >= 15 is 0 Å². The first kappa shape index (κ1) is 26.2. The van der Waals surface area contributed by atoms with E-state index in [4.69, 9.17) is 16.3 Å². The van der Waals surface area contributed by atoms with Gasteiger partial charge in [-0.05, 0) is 29.8 Å². The standard InChI is InChI=1S/C27H27BrClN3O4/c28-24-6-2-1-5-20(24)9-10-21-17-22(32(34)35)11-12-27(21)36-19-23(33)18-30-13-15-31(16-14-30)26-8-4-3-7-25(26)29/h1-12,17,23,33H,13-16,18-19H2. The van der Waals surface area contributed by atoms with Crippen molar-refractivity contribution in [3.8, 4) is 5.75 Å². The maximum absolute atomic E-state index is 11.3. The monoisotopic (exact) mass is 571 g/mol. The van der Waals surface area contributed by atoms with E-state index < -0.39 is 11.0 Å². The number of hydrogen-bond acceptors (Lipinski definition) is 6. The molecule has 1 unspecified atom stereocenters. The van der Waals surface area contributed by atoms with E-state index in [1.54, 1.807) is 12.1 Å². The van der Waals surface area contributed by atoms with Gasteiger partial charge in [0.05, 0.1) is 15.6 Å². The van der Waals surface area contributed by atoms with E-state index in [0.717, 1.165) is 46.9 Å². The zero-order chi connectivity index (χ0) is 25.5. The predicted octanol–water partition coefficient (Wildman–Crippen LogP) is 5.74. The lowest BCUT2D eigenvalue weighted by Gasteiger charge is -2.37. The maximum atomic E-state index is 11.3. The number of para-hydroxylation sites is 1. The molecular weight excluding hydrogens is 546 g/mol. The Morgan fingerprint density at radius 3 is 2.44 bits per heavy atom. The second-order valence-electron chi connectivity index (χ2n) is 8.54. The average Bonchev–Trinajstić information content (AvgIpc) is 2.88. The Labute approximate surface area is 223 Å². The fourth-order valence-corrected chi connectivity index (χ4v) is 4.79. The highest BCUT2D eigenvalue weighted by Crippen LogP contribution is 2.28. The third-order valence-electron chi connectivity index (χ3n) is 6.02. The number of non-ortho nitro benzene ring substituents is 1. The van der Waals surface area contributed by atoms with Crippen LogP contribution in [0.25, 0.3) is 12.2 Å². The number of nitro benzene ring substituents is 1. The topological polar surface area (TPSA) is 79.1 Å². The molecule has 1 fully saturated rings. The highest BCUT2D eigenvalue weighted by Gasteiger charge is 2.21. The number of ether oxygens (including phenoxy) is 1. The van der Waals surface area contributed by atoms with Gasteiger partial charge in [-0.2, -0.15) is 0 Å². The van der Waals surface area contributed by atoms with Crippen LogP contribution in [0.4, 0.5) is 11.4 Å². The summed E-state index contributed by atoms with van der Waals surface area (Å²) < 4.78 is 6.83. The number of aliphatic hydroxyl groups is 1. The summed E-state index contributed by atoms with van der Waals surface area (Å²) in [6, 6.07) is 20.0. The highest BCUT2D eigenvalue weighted by atomic mass is 79.9. The van der Waals surface area contributed by atoms with Gasteiger partial charge in [0.15, 0.2) is 0 Å². The minimum absolute atomic E-state index is 0.0222. The van der Waals surface area contributed by atoms with Crippen molar-refractivity contribution in [3.63, 3.8) is 0 Å². The van der Waals surface area contributed by atoms with Crippen LogP contribution in [0.15, 0.2) is 71.2 Å². The second kappa shape index (κ2) is 12.4. The van der Waals surface area contributed by atoms with Crippen molar-refractivity contribution >= 4 is 51.1 Å². The Morgan fingerprint density at radius 2 is 1.72 bits per heavy atom. The van der Waals surface area contributed by atoms with Crippen molar-refractivity contribution in [2.24, 2.45) is 0 Å². The number of benzene rings is 3. The molecule has 0 spiro atoms. The summed E-state index contributed by atoms with van der Waals surface area (Å²) in [5.41, 5.74) is 2.52. The fourth-order valence-electron chi connectivity index (χ4n) is 4.12. The smallest absolute Gasteiger partial charge is 0.270 e. The molecule has 1 heterocycles. The summed E-state index contributed by atoms with van der Waals surface area (Å²) in [6.07, 6.45) is 2.94. The van der Waals surface area contributed by atoms with Crippen LogP contribution in [0, 0.1) is 10.1 Å². The molecule has 0 aliphatic carbocycles. The lowest BCUT2D eigenvalue weighted by Crippen LogP contribution is -2.49. The number of β-amino-alcohol motifs (C(OH)–C–C–N with tert-alkyl or cyclic N) is 1. The van der Waals surface area contributed by atoms with Crippen LogP contribution in [0.5, 0.6) is 5.75 Å². The molecule has 7 nitrogen and oxygen atoms in total. The minimum Gasteiger partial charge on any atom is -0.490 e. The molecule has 0 aromatic heterocycles. The van der Waals surface area contributed by atoms with Crippen LogP contribution in [0.1, 0.15) is 11.1 Å². The zero-order valence-corrected chi connectivity index (χ0v) is 21.9. The number of piperazine rings is 1. The summed E-state index contributed by atoms with van der Waals surface area (Å²) in [6.45, 7) is 3.82. The molecule has 36 heavy (non-hydrogen) atoms. The number of nitro groups is 1. The van der Waals surface area contributed by atoms with Gasteiger partial charge < -0.3 is 14.7 Å². The molecule has 4 rings (SSSR count). The van der Waals surface area contributed by atoms with Gasteiger partial charge >= 0.3 is 0 Å². The van der Waals surface area contributed by atoms with Crippen LogP contribution in [0.2, 0.25) is 5.02 Å². The molecule has 0 amide bonds. The summed E-state index contributed by atoms with van der Waals surface area (Å²) in [5, 5.41) is 22.7. The van der Waals surface area contributed by atoms with E-state index in [-0.39, 0.29) is 12.3 Å². The third kappa shape index (κ3) is 6.85. The van der Waals surface area contributed by atoms with E-state index in [0.29, 0.717) is 17.9 Å². The molecule has 9 heteroatoms. The van der Waals surface area contributed by atoms with Gasteiger partial charge in [0.2, 0.25) is 0 Å². The van der Waals surface area contributed by atoms with Crippen LogP contribution in [-0.4, -0.2) is 60.4 Å². The lowest BCUT2D eigenvalue weighted by atomic mass is 10.1. The van der Waals surface area contributed by atoms with Crippen molar-refractivity contribution in [1.82, 2.24) is 4.90 Å². The van der Waals surface area contributed by atoms with Crippen molar-refractivity contribution in [2.75, 3.05) is 44.2 Å². The molecule has 1 atom stereocenters. The molecule has 3 aromatic rings. The normalized spacial score (nSPS) is 15.2. The molecule has 0 radical (unpaired) electrons. The van der Waals surface area contributed by atoms with Gasteiger partial charge in [0, 0.05) is 54.9 Å². The Hall–Kier alpha value is -2.91. The summed E-state index contributed by atoms with van der Waals surface area (Å²) in [5.74, 6) is 0.478. The van der Waals surface area contributed by atoms with Crippen molar-refractivity contribution in [1.29, 1.82) is 0 Å². The van der Waals surface area contributed by atoms with Crippen LogP contribution in [0.3, 0.4) is 0 Å². The van der Waals surface area contributed by atoms with Crippen LogP contribution < -0.4 is 9.64 Å². The zero-order valence-electron chi connectivity index (χ0n) is 19.6. The summed E-state index contributed by atoms with van der Waals surface area (Å²) in [4.78, 5) is 15.3. The van der Waals surface area contributed by atoms with E-state index in [2.05, 4.69) is 25.7 Å². The largest absolute Gasteiger partial charge is 0.490 e. The first-order chi connectivity index (χ1) is 17.4. The SMILES string of the molecule is O=[N+]([O-])c1ccc(OCC(O)CN2CCN(c3ccccc3Cl)CC2)c(C=Cc2ccccc2Br)c1. The van der Waals surface area contributed by atoms with Gasteiger partial charge in [0.25, 0.3) is 5.69 Å². The number of rotatable bonds is 9. The Kier molecular flexibility index (Phi) is 8.98.